The Morgan fingerprint density at radius 2 is 2.31 bits per heavy atom. The molecule has 86 valence electrons. The quantitative estimate of drug-likeness (QED) is 0.418. The highest BCUT2D eigenvalue weighted by molar-refractivity contribution is 5.86. The van der Waals surface area contributed by atoms with Gasteiger partial charge in [0.25, 0.3) is 0 Å². The maximum Gasteiger partial charge on any atom is 0.333 e. The molecule has 1 aromatic heterocycles. The Hall–Kier alpha value is -1.84. The van der Waals surface area contributed by atoms with Gasteiger partial charge in [-0.25, -0.2) is 4.79 Å². The van der Waals surface area contributed by atoms with Crippen molar-refractivity contribution < 1.29 is 14.3 Å². The number of nitrogens with zero attached hydrogens (tertiary/aromatic N) is 1. The molecule has 0 spiro atoms. The van der Waals surface area contributed by atoms with Crippen molar-refractivity contribution in [2.24, 2.45) is 0 Å². The fourth-order valence-corrected chi connectivity index (χ4v) is 0.969. The summed E-state index contributed by atoms with van der Waals surface area (Å²) in [6.07, 6.45) is 3.97. The number of ether oxygens (including phenoxy) is 2. The van der Waals surface area contributed by atoms with Crippen LogP contribution in [-0.2, 0) is 9.53 Å². The molecule has 1 heterocycles. The molecule has 0 saturated carbocycles. The van der Waals surface area contributed by atoms with E-state index in [4.69, 9.17) is 9.47 Å². The molecule has 0 N–H and O–H groups in total. The number of hydrogen-bond donors (Lipinski definition) is 0. The van der Waals surface area contributed by atoms with Crippen molar-refractivity contribution in [3.05, 3.63) is 36.7 Å². The molecular formula is C12H15NO3. The first-order valence-corrected chi connectivity index (χ1v) is 5.05. The fourth-order valence-electron chi connectivity index (χ4n) is 0.969. The summed E-state index contributed by atoms with van der Waals surface area (Å²) >= 11 is 0. The second-order valence-corrected chi connectivity index (χ2v) is 3.31. The molecule has 0 saturated heterocycles. The van der Waals surface area contributed by atoms with E-state index in [1.807, 2.05) is 6.07 Å². The third-order valence-electron chi connectivity index (χ3n) is 1.77. The van der Waals surface area contributed by atoms with E-state index in [1.54, 1.807) is 25.4 Å². The second-order valence-electron chi connectivity index (χ2n) is 3.31. The van der Waals surface area contributed by atoms with E-state index in [-0.39, 0.29) is 5.97 Å². The summed E-state index contributed by atoms with van der Waals surface area (Å²) in [5.41, 5.74) is 0.410. The van der Waals surface area contributed by atoms with Gasteiger partial charge in [-0.2, -0.15) is 0 Å². The van der Waals surface area contributed by atoms with Crippen LogP contribution in [0.3, 0.4) is 0 Å². The fraction of sp³-hybridized carbons (Fsp3) is 0.333. The molecule has 0 aliphatic carbocycles. The molecular weight excluding hydrogens is 206 g/mol. The highest BCUT2D eigenvalue weighted by Crippen LogP contribution is 2.06. The minimum absolute atomic E-state index is 0.339. The van der Waals surface area contributed by atoms with Gasteiger partial charge in [0.15, 0.2) is 0 Å². The van der Waals surface area contributed by atoms with Gasteiger partial charge in [-0.3, -0.25) is 4.98 Å². The molecule has 0 bridgehead atoms. The minimum atomic E-state index is -0.360. The number of esters is 1. The molecule has 0 aliphatic heterocycles. The van der Waals surface area contributed by atoms with E-state index in [0.717, 1.165) is 0 Å². The number of pyridine rings is 1. The number of carbonyl (C=O) groups is 1. The van der Waals surface area contributed by atoms with Crippen molar-refractivity contribution >= 4 is 5.97 Å². The zero-order chi connectivity index (χ0) is 11.8. The van der Waals surface area contributed by atoms with Gasteiger partial charge in [-0.1, -0.05) is 6.58 Å². The van der Waals surface area contributed by atoms with Gasteiger partial charge >= 0.3 is 5.97 Å². The van der Waals surface area contributed by atoms with Crippen molar-refractivity contribution in [1.82, 2.24) is 4.98 Å². The summed E-state index contributed by atoms with van der Waals surface area (Å²) in [6.45, 7) is 5.94. The van der Waals surface area contributed by atoms with Crippen molar-refractivity contribution in [2.45, 2.75) is 13.3 Å². The van der Waals surface area contributed by atoms with E-state index in [9.17, 15) is 4.79 Å². The summed E-state index contributed by atoms with van der Waals surface area (Å²) in [4.78, 5) is 14.9. The largest absolute Gasteiger partial charge is 0.492 e. The van der Waals surface area contributed by atoms with Crippen molar-refractivity contribution in [1.29, 1.82) is 0 Å². The van der Waals surface area contributed by atoms with Crippen molar-refractivity contribution in [2.75, 3.05) is 13.2 Å². The number of aromatic nitrogens is 1. The van der Waals surface area contributed by atoms with Gasteiger partial charge in [-0.05, 0) is 19.1 Å². The Morgan fingerprint density at radius 1 is 1.50 bits per heavy atom. The smallest absolute Gasteiger partial charge is 0.333 e. The van der Waals surface area contributed by atoms with Crippen LogP contribution in [0.15, 0.2) is 36.7 Å². The topological polar surface area (TPSA) is 48.4 Å². The van der Waals surface area contributed by atoms with Crippen LogP contribution in [0.5, 0.6) is 5.75 Å². The van der Waals surface area contributed by atoms with Crippen molar-refractivity contribution in [3.63, 3.8) is 0 Å². The molecule has 0 aliphatic rings. The molecule has 0 unspecified atom stereocenters. The van der Waals surface area contributed by atoms with E-state index in [0.29, 0.717) is 31.0 Å². The van der Waals surface area contributed by atoms with E-state index >= 15 is 0 Å². The molecule has 0 atom stereocenters. The molecule has 0 fully saturated rings. The van der Waals surface area contributed by atoms with Gasteiger partial charge in [-0.15, -0.1) is 0 Å². The van der Waals surface area contributed by atoms with Gasteiger partial charge in [0.2, 0.25) is 0 Å². The highest BCUT2D eigenvalue weighted by atomic mass is 16.5. The summed E-state index contributed by atoms with van der Waals surface area (Å²) in [5, 5.41) is 0. The zero-order valence-corrected chi connectivity index (χ0v) is 9.31. The van der Waals surface area contributed by atoms with Crippen LogP contribution in [0.2, 0.25) is 0 Å². The van der Waals surface area contributed by atoms with Gasteiger partial charge in [0, 0.05) is 18.2 Å². The van der Waals surface area contributed by atoms with Gasteiger partial charge in [0.1, 0.15) is 5.75 Å². The third kappa shape index (κ3) is 4.59. The van der Waals surface area contributed by atoms with E-state index in [2.05, 4.69) is 11.6 Å². The van der Waals surface area contributed by atoms with Crippen LogP contribution in [0.1, 0.15) is 13.3 Å². The predicted octanol–water partition coefficient (Wildman–Crippen LogP) is 1.97. The second kappa shape index (κ2) is 6.61. The molecule has 0 radical (unpaired) electrons. The van der Waals surface area contributed by atoms with Gasteiger partial charge < -0.3 is 9.47 Å². The van der Waals surface area contributed by atoms with Crippen LogP contribution < -0.4 is 4.74 Å². The first-order chi connectivity index (χ1) is 7.70. The average molecular weight is 221 g/mol. The molecule has 4 nitrogen and oxygen atoms in total. The first kappa shape index (κ1) is 12.2. The molecule has 16 heavy (non-hydrogen) atoms. The van der Waals surface area contributed by atoms with E-state index in [1.165, 1.54) is 0 Å². The summed E-state index contributed by atoms with van der Waals surface area (Å²) < 4.78 is 10.3. The van der Waals surface area contributed by atoms with Crippen LogP contribution in [0, 0.1) is 0 Å². The SMILES string of the molecule is C=C(C)C(=O)OCCCOc1cccnc1. The Bertz CT molecular complexity index is 349. The standard InChI is InChI=1S/C12H15NO3/c1-10(2)12(14)16-8-4-7-15-11-5-3-6-13-9-11/h3,5-6,9H,1,4,7-8H2,2H3. The normalized spacial score (nSPS) is 9.56. The lowest BCUT2D eigenvalue weighted by molar-refractivity contribution is -0.139. The molecule has 4 heteroatoms. The summed E-state index contributed by atoms with van der Waals surface area (Å²) in [6, 6.07) is 3.63. The lowest BCUT2D eigenvalue weighted by Crippen LogP contribution is -2.09. The van der Waals surface area contributed by atoms with E-state index < -0.39 is 0 Å². The Kier molecular flexibility index (Phi) is 5.05. The van der Waals surface area contributed by atoms with Crippen molar-refractivity contribution in [3.8, 4) is 5.75 Å². The lowest BCUT2D eigenvalue weighted by atomic mass is 10.4. The monoisotopic (exact) mass is 221 g/mol. The summed E-state index contributed by atoms with van der Waals surface area (Å²) in [7, 11) is 0. The van der Waals surface area contributed by atoms with Gasteiger partial charge in [0.05, 0.1) is 19.4 Å². The maximum atomic E-state index is 11.0. The van der Waals surface area contributed by atoms with Crippen LogP contribution >= 0.6 is 0 Å². The highest BCUT2D eigenvalue weighted by Gasteiger charge is 2.01. The number of carbonyl (C=O) groups excluding carboxylic acids is 1. The molecule has 0 aromatic carbocycles. The summed E-state index contributed by atoms with van der Waals surface area (Å²) in [5.74, 6) is 0.357. The third-order valence-corrected chi connectivity index (χ3v) is 1.77. The van der Waals surface area contributed by atoms with Crippen LogP contribution in [0.25, 0.3) is 0 Å². The zero-order valence-electron chi connectivity index (χ0n) is 9.31. The lowest BCUT2D eigenvalue weighted by Gasteiger charge is -2.06. The average Bonchev–Trinajstić information content (AvgIpc) is 2.29. The Balaban J connectivity index is 2.09. The van der Waals surface area contributed by atoms with Crippen LogP contribution in [0.4, 0.5) is 0 Å². The number of hydrogen-bond acceptors (Lipinski definition) is 4. The molecule has 0 amide bonds. The Labute approximate surface area is 94.9 Å². The minimum Gasteiger partial charge on any atom is -0.492 e. The maximum absolute atomic E-state index is 11.0. The predicted molar refractivity (Wildman–Crippen MR) is 60.1 cm³/mol. The first-order valence-electron chi connectivity index (χ1n) is 5.05. The molecule has 1 rings (SSSR count). The molecule has 1 aromatic rings. The number of rotatable bonds is 6. The van der Waals surface area contributed by atoms with Crippen LogP contribution in [-0.4, -0.2) is 24.2 Å². The Morgan fingerprint density at radius 3 is 2.94 bits per heavy atom.